The Labute approximate surface area is 192 Å². The van der Waals surface area contributed by atoms with Crippen molar-refractivity contribution in [1.82, 2.24) is 15.6 Å². The Morgan fingerprint density at radius 3 is 2.36 bits per heavy atom. The summed E-state index contributed by atoms with van der Waals surface area (Å²) in [5.41, 5.74) is 2.50. The Kier molecular flexibility index (Phi) is 8.07. The number of aliphatic carboxylic acids is 1. The fourth-order valence-electron chi connectivity index (χ4n) is 3.60. The van der Waals surface area contributed by atoms with Crippen LogP contribution in [-0.2, 0) is 27.4 Å². The Hall–Kier alpha value is -3.81. The zero-order chi connectivity index (χ0) is 23.8. The summed E-state index contributed by atoms with van der Waals surface area (Å²) in [6.45, 7) is 3.90. The number of carboxylic acids is 1. The lowest BCUT2D eigenvalue weighted by atomic mass is 10.0. The van der Waals surface area contributed by atoms with Gasteiger partial charge in [0.15, 0.2) is 0 Å². The summed E-state index contributed by atoms with van der Waals surface area (Å²) in [5.74, 6) is -1.62. The Bertz CT molecular complexity index is 1090. The minimum atomic E-state index is -1.15. The number of carbonyl (C=O) groups excluding carboxylic acids is 2. The van der Waals surface area contributed by atoms with E-state index in [0.29, 0.717) is 6.42 Å². The number of aromatic amines is 1. The van der Waals surface area contributed by atoms with Gasteiger partial charge in [-0.15, -0.1) is 0 Å². The normalized spacial score (nSPS) is 12.8. The molecule has 8 nitrogen and oxygen atoms in total. The highest BCUT2D eigenvalue weighted by atomic mass is 16.5. The van der Waals surface area contributed by atoms with Gasteiger partial charge >= 0.3 is 12.1 Å². The van der Waals surface area contributed by atoms with Gasteiger partial charge in [-0.05, 0) is 29.5 Å². The minimum absolute atomic E-state index is 0.0704. The van der Waals surface area contributed by atoms with Crippen molar-refractivity contribution in [1.29, 1.82) is 0 Å². The number of benzene rings is 2. The van der Waals surface area contributed by atoms with Crippen molar-refractivity contribution in [3.63, 3.8) is 0 Å². The van der Waals surface area contributed by atoms with Crippen molar-refractivity contribution in [2.45, 2.75) is 45.4 Å². The largest absolute Gasteiger partial charge is 0.480 e. The van der Waals surface area contributed by atoms with E-state index in [9.17, 15) is 19.5 Å². The number of amides is 2. The fourth-order valence-corrected chi connectivity index (χ4v) is 3.60. The number of aromatic nitrogens is 1. The van der Waals surface area contributed by atoms with E-state index in [2.05, 4.69) is 15.6 Å². The van der Waals surface area contributed by atoms with Crippen LogP contribution in [0, 0.1) is 5.92 Å². The van der Waals surface area contributed by atoms with E-state index in [-0.39, 0.29) is 18.9 Å². The van der Waals surface area contributed by atoms with Crippen molar-refractivity contribution >= 4 is 28.9 Å². The number of alkyl carbamates (subject to hydrolysis) is 1. The molecule has 2 amide bonds. The highest BCUT2D eigenvalue weighted by molar-refractivity contribution is 5.90. The lowest BCUT2D eigenvalue weighted by molar-refractivity contribution is -0.142. The standard InChI is InChI=1S/C25H29N3O5/c1-16(2)12-21(28-25(32)33-15-17-8-4-3-5-9-17)23(29)27-22(24(30)31)13-18-14-26-20-11-7-6-10-19(18)20/h3-11,14,16,21-22,26H,12-13,15H2,1-2H3,(H,27,29)(H,28,32)(H,30,31)/t21-,22-/m0/s1. The second-order valence-corrected chi connectivity index (χ2v) is 8.35. The van der Waals surface area contributed by atoms with Gasteiger partial charge in [-0.2, -0.15) is 0 Å². The average molecular weight is 452 g/mol. The first kappa shape index (κ1) is 23.8. The number of hydrogen-bond donors (Lipinski definition) is 4. The van der Waals surface area contributed by atoms with Crippen molar-refractivity contribution in [3.8, 4) is 0 Å². The summed E-state index contributed by atoms with van der Waals surface area (Å²) in [4.78, 5) is 40.2. The molecule has 1 heterocycles. The lowest BCUT2D eigenvalue weighted by Crippen LogP contribution is -2.52. The van der Waals surface area contributed by atoms with Crippen molar-refractivity contribution in [3.05, 3.63) is 71.9 Å². The second-order valence-electron chi connectivity index (χ2n) is 8.35. The van der Waals surface area contributed by atoms with Crippen LogP contribution in [0.25, 0.3) is 10.9 Å². The van der Waals surface area contributed by atoms with Gasteiger partial charge in [-0.1, -0.05) is 62.4 Å². The molecule has 2 aromatic carbocycles. The monoisotopic (exact) mass is 451 g/mol. The molecule has 0 spiro atoms. The van der Waals surface area contributed by atoms with Crippen molar-refractivity contribution in [2.24, 2.45) is 5.92 Å². The second kappa shape index (κ2) is 11.2. The van der Waals surface area contributed by atoms with E-state index in [4.69, 9.17) is 4.74 Å². The van der Waals surface area contributed by atoms with E-state index in [0.717, 1.165) is 22.0 Å². The van der Waals surface area contributed by atoms with E-state index in [1.807, 2.05) is 68.4 Å². The first-order valence-electron chi connectivity index (χ1n) is 10.9. The number of fused-ring (bicyclic) bond motifs is 1. The van der Waals surface area contributed by atoms with Crippen molar-refractivity contribution in [2.75, 3.05) is 0 Å². The molecule has 174 valence electrons. The molecule has 2 atom stereocenters. The predicted molar refractivity (Wildman–Crippen MR) is 125 cm³/mol. The van der Waals surface area contributed by atoms with Crippen LogP contribution in [0.5, 0.6) is 0 Å². The molecule has 1 aromatic heterocycles. The van der Waals surface area contributed by atoms with Gasteiger partial charge in [0, 0.05) is 23.5 Å². The summed E-state index contributed by atoms with van der Waals surface area (Å²) in [6.07, 6.45) is 1.46. The van der Waals surface area contributed by atoms with E-state index < -0.39 is 30.1 Å². The van der Waals surface area contributed by atoms with Crippen LogP contribution < -0.4 is 10.6 Å². The summed E-state index contributed by atoms with van der Waals surface area (Å²) >= 11 is 0. The average Bonchev–Trinajstić information content (AvgIpc) is 3.20. The zero-order valence-electron chi connectivity index (χ0n) is 18.7. The summed E-state index contributed by atoms with van der Waals surface area (Å²) in [6, 6.07) is 14.7. The molecule has 8 heteroatoms. The first-order chi connectivity index (χ1) is 15.8. The molecule has 3 rings (SSSR count). The third-order valence-corrected chi connectivity index (χ3v) is 5.24. The van der Waals surface area contributed by atoms with Crippen LogP contribution in [0.3, 0.4) is 0 Å². The van der Waals surface area contributed by atoms with Crippen LogP contribution in [0.2, 0.25) is 0 Å². The third kappa shape index (κ3) is 6.83. The number of para-hydroxylation sites is 1. The topological polar surface area (TPSA) is 121 Å². The van der Waals surface area contributed by atoms with Crippen LogP contribution in [-0.4, -0.2) is 40.1 Å². The molecule has 33 heavy (non-hydrogen) atoms. The van der Waals surface area contributed by atoms with Gasteiger partial charge in [0.05, 0.1) is 0 Å². The molecule has 0 aliphatic carbocycles. The van der Waals surface area contributed by atoms with Gasteiger partial charge in [-0.3, -0.25) is 4.79 Å². The van der Waals surface area contributed by atoms with Gasteiger partial charge in [0.2, 0.25) is 5.91 Å². The smallest absolute Gasteiger partial charge is 0.408 e. The predicted octanol–water partition coefficient (Wildman–Crippen LogP) is 3.62. The van der Waals surface area contributed by atoms with E-state index in [1.165, 1.54) is 0 Å². The van der Waals surface area contributed by atoms with E-state index in [1.54, 1.807) is 6.20 Å². The lowest BCUT2D eigenvalue weighted by Gasteiger charge is -2.22. The molecule has 0 fully saturated rings. The number of rotatable bonds is 10. The molecular weight excluding hydrogens is 422 g/mol. The maximum atomic E-state index is 12.9. The fraction of sp³-hybridized carbons (Fsp3) is 0.320. The number of ether oxygens (including phenoxy) is 1. The van der Waals surface area contributed by atoms with Crippen LogP contribution in [0.1, 0.15) is 31.4 Å². The third-order valence-electron chi connectivity index (χ3n) is 5.24. The molecule has 0 aliphatic rings. The Morgan fingerprint density at radius 1 is 0.970 bits per heavy atom. The number of carbonyl (C=O) groups is 3. The highest BCUT2D eigenvalue weighted by Gasteiger charge is 2.28. The number of carboxylic acid groups (broad SMARTS) is 1. The molecule has 0 saturated heterocycles. The van der Waals surface area contributed by atoms with Gasteiger partial charge < -0.3 is 25.5 Å². The maximum Gasteiger partial charge on any atom is 0.408 e. The molecular formula is C25H29N3O5. The maximum absolute atomic E-state index is 12.9. The SMILES string of the molecule is CC(C)C[C@H](NC(=O)OCc1ccccc1)C(=O)N[C@@H](Cc1c[nH]c2ccccc12)C(=O)O. The van der Waals surface area contributed by atoms with Crippen LogP contribution in [0.4, 0.5) is 4.79 Å². The van der Waals surface area contributed by atoms with Gasteiger partial charge in [-0.25, -0.2) is 9.59 Å². The minimum Gasteiger partial charge on any atom is -0.480 e. The van der Waals surface area contributed by atoms with Crippen LogP contribution >= 0.6 is 0 Å². The number of nitrogens with one attached hydrogen (secondary N) is 3. The van der Waals surface area contributed by atoms with Gasteiger partial charge in [0.1, 0.15) is 18.7 Å². The molecule has 0 saturated carbocycles. The van der Waals surface area contributed by atoms with E-state index >= 15 is 0 Å². The number of hydrogen-bond acceptors (Lipinski definition) is 4. The molecule has 0 unspecified atom stereocenters. The molecule has 0 bridgehead atoms. The molecule has 0 radical (unpaired) electrons. The zero-order valence-corrected chi connectivity index (χ0v) is 18.7. The quantitative estimate of drug-likeness (QED) is 0.375. The van der Waals surface area contributed by atoms with Crippen LogP contribution in [0.15, 0.2) is 60.8 Å². The summed E-state index contributed by atoms with van der Waals surface area (Å²) in [7, 11) is 0. The molecule has 4 N–H and O–H groups in total. The highest BCUT2D eigenvalue weighted by Crippen LogP contribution is 2.19. The summed E-state index contributed by atoms with van der Waals surface area (Å²) < 4.78 is 5.23. The molecule has 0 aliphatic heterocycles. The Morgan fingerprint density at radius 2 is 1.67 bits per heavy atom. The number of H-pyrrole nitrogens is 1. The van der Waals surface area contributed by atoms with Crippen molar-refractivity contribution < 1.29 is 24.2 Å². The molecule has 3 aromatic rings. The Balaban J connectivity index is 1.65. The summed E-state index contributed by atoms with van der Waals surface area (Å²) in [5, 5.41) is 15.8. The first-order valence-corrected chi connectivity index (χ1v) is 10.9. The van der Waals surface area contributed by atoms with Gasteiger partial charge in [0.25, 0.3) is 0 Å².